The molecule has 0 saturated carbocycles. The van der Waals surface area contributed by atoms with E-state index in [-0.39, 0.29) is 11.4 Å². The lowest BCUT2D eigenvalue weighted by Crippen LogP contribution is -2.30. The molecular weight excluding hydrogens is 283 g/mol. The predicted octanol–water partition coefficient (Wildman–Crippen LogP) is 2.28. The minimum absolute atomic E-state index is 0.224. The maximum absolute atomic E-state index is 12.9. The Balaban J connectivity index is 1.76. The molecule has 1 aromatic carbocycles. The maximum Gasteiger partial charge on any atom is 0.274 e. The monoisotopic (exact) mass is 302 g/mol. The topological polar surface area (TPSA) is 61.9 Å². The number of aromatic amines is 1. The van der Waals surface area contributed by atoms with Crippen LogP contribution < -0.4 is 10.5 Å². The largest absolute Gasteiger partial charge is 0.341 e. The van der Waals surface area contributed by atoms with E-state index in [1.165, 1.54) is 25.0 Å². The highest BCUT2D eigenvalue weighted by atomic mass is 19.1. The molecule has 0 amide bonds. The van der Waals surface area contributed by atoms with Gasteiger partial charge in [-0.15, -0.1) is 10.2 Å². The molecular formula is C16H19FN4O. The Morgan fingerprint density at radius 3 is 2.36 bits per heavy atom. The lowest BCUT2D eigenvalue weighted by Gasteiger charge is -2.19. The van der Waals surface area contributed by atoms with Crippen LogP contribution in [0.15, 0.2) is 29.1 Å². The Kier molecular flexibility index (Phi) is 4.46. The van der Waals surface area contributed by atoms with Gasteiger partial charge < -0.3 is 4.90 Å². The first-order valence-electron chi connectivity index (χ1n) is 7.67. The Labute approximate surface area is 128 Å². The van der Waals surface area contributed by atoms with Crippen LogP contribution >= 0.6 is 0 Å². The summed E-state index contributed by atoms with van der Waals surface area (Å²) in [5, 5.41) is 8.24. The Morgan fingerprint density at radius 2 is 1.73 bits per heavy atom. The van der Waals surface area contributed by atoms with Crippen LogP contribution in [0.2, 0.25) is 0 Å². The molecule has 1 fully saturated rings. The molecule has 1 aromatic heterocycles. The number of rotatable bonds is 3. The standard InChI is InChI=1S/C16H19FN4O/c17-13-7-5-12(6-8-13)11-14-15(22)18-16(20-19-14)21-9-3-1-2-4-10-21/h5-8H,1-4,9-11H2,(H,18,20,22). The molecule has 1 aliphatic rings. The van der Waals surface area contributed by atoms with E-state index >= 15 is 0 Å². The molecule has 1 aliphatic heterocycles. The van der Waals surface area contributed by atoms with Gasteiger partial charge in [-0.25, -0.2) is 4.39 Å². The second-order valence-electron chi connectivity index (χ2n) is 5.63. The van der Waals surface area contributed by atoms with Gasteiger partial charge in [-0.05, 0) is 30.5 Å². The molecule has 0 radical (unpaired) electrons. The second-order valence-corrected chi connectivity index (χ2v) is 5.63. The number of hydrogen-bond acceptors (Lipinski definition) is 4. The molecule has 116 valence electrons. The van der Waals surface area contributed by atoms with Gasteiger partial charge in [-0.1, -0.05) is 25.0 Å². The van der Waals surface area contributed by atoms with E-state index < -0.39 is 0 Å². The van der Waals surface area contributed by atoms with Crippen molar-refractivity contribution >= 4 is 5.95 Å². The molecule has 1 N–H and O–H groups in total. The molecule has 0 unspecified atom stereocenters. The predicted molar refractivity (Wildman–Crippen MR) is 82.5 cm³/mol. The quantitative estimate of drug-likeness (QED) is 0.945. The Morgan fingerprint density at radius 1 is 1.05 bits per heavy atom. The fourth-order valence-electron chi connectivity index (χ4n) is 2.69. The van der Waals surface area contributed by atoms with Gasteiger partial charge in [-0.2, -0.15) is 0 Å². The lowest BCUT2D eigenvalue weighted by atomic mass is 10.1. The van der Waals surface area contributed by atoms with Gasteiger partial charge in [-0.3, -0.25) is 9.78 Å². The molecule has 2 aromatic rings. The van der Waals surface area contributed by atoms with Crippen LogP contribution in [0.1, 0.15) is 36.9 Å². The summed E-state index contributed by atoms with van der Waals surface area (Å²) in [5.41, 5.74) is 0.965. The van der Waals surface area contributed by atoms with Gasteiger partial charge in [0.25, 0.3) is 5.56 Å². The highest BCUT2D eigenvalue weighted by molar-refractivity contribution is 5.29. The Bertz CT molecular complexity index is 675. The van der Waals surface area contributed by atoms with Crippen LogP contribution in [0, 0.1) is 5.82 Å². The van der Waals surface area contributed by atoms with Crippen molar-refractivity contribution in [3.05, 3.63) is 51.7 Å². The van der Waals surface area contributed by atoms with E-state index in [1.54, 1.807) is 12.1 Å². The zero-order chi connectivity index (χ0) is 15.4. The minimum Gasteiger partial charge on any atom is -0.341 e. The van der Waals surface area contributed by atoms with E-state index in [0.717, 1.165) is 31.5 Å². The average Bonchev–Trinajstić information content (AvgIpc) is 2.81. The molecule has 0 aliphatic carbocycles. The third-order valence-corrected chi connectivity index (χ3v) is 3.94. The lowest BCUT2D eigenvalue weighted by molar-refractivity contribution is 0.627. The summed E-state index contributed by atoms with van der Waals surface area (Å²) in [6.07, 6.45) is 5.01. The van der Waals surface area contributed by atoms with Crippen molar-refractivity contribution in [2.75, 3.05) is 18.0 Å². The van der Waals surface area contributed by atoms with Gasteiger partial charge in [0.2, 0.25) is 5.95 Å². The van der Waals surface area contributed by atoms with Crippen LogP contribution in [0.5, 0.6) is 0 Å². The third-order valence-electron chi connectivity index (χ3n) is 3.94. The average molecular weight is 302 g/mol. The van der Waals surface area contributed by atoms with Crippen molar-refractivity contribution in [1.29, 1.82) is 0 Å². The number of nitrogens with one attached hydrogen (secondary N) is 1. The van der Waals surface area contributed by atoms with Crippen molar-refractivity contribution in [1.82, 2.24) is 15.2 Å². The fourth-order valence-corrected chi connectivity index (χ4v) is 2.69. The van der Waals surface area contributed by atoms with E-state index in [2.05, 4.69) is 20.1 Å². The summed E-state index contributed by atoms with van der Waals surface area (Å²) in [6.45, 7) is 1.81. The number of nitrogens with zero attached hydrogens (tertiary/aromatic N) is 3. The van der Waals surface area contributed by atoms with E-state index in [1.807, 2.05) is 0 Å². The summed E-state index contributed by atoms with van der Waals surface area (Å²) < 4.78 is 12.9. The van der Waals surface area contributed by atoms with Crippen LogP contribution in [0.25, 0.3) is 0 Å². The third kappa shape index (κ3) is 3.50. The summed E-state index contributed by atoms with van der Waals surface area (Å²) in [4.78, 5) is 17.1. The summed E-state index contributed by atoms with van der Waals surface area (Å²) in [7, 11) is 0. The molecule has 5 nitrogen and oxygen atoms in total. The molecule has 0 atom stereocenters. The number of benzene rings is 1. The smallest absolute Gasteiger partial charge is 0.274 e. The normalized spacial score (nSPS) is 15.6. The van der Waals surface area contributed by atoms with Gasteiger partial charge in [0, 0.05) is 19.5 Å². The van der Waals surface area contributed by atoms with E-state index in [4.69, 9.17) is 0 Å². The summed E-state index contributed by atoms with van der Waals surface area (Å²) in [5.74, 6) is 0.259. The first kappa shape index (κ1) is 14.7. The highest BCUT2D eigenvalue weighted by Crippen LogP contribution is 2.14. The number of hydrogen-bond donors (Lipinski definition) is 1. The number of H-pyrrole nitrogens is 1. The van der Waals surface area contributed by atoms with Crippen LogP contribution in [-0.4, -0.2) is 28.3 Å². The number of aromatic nitrogens is 3. The van der Waals surface area contributed by atoms with Gasteiger partial charge >= 0.3 is 0 Å². The van der Waals surface area contributed by atoms with Gasteiger partial charge in [0.05, 0.1) is 0 Å². The van der Waals surface area contributed by atoms with Crippen LogP contribution in [-0.2, 0) is 6.42 Å². The first-order chi connectivity index (χ1) is 10.7. The van der Waals surface area contributed by atoms with Gasteiger partial charge in [0.1, 0.15) is 11.5 Å². The molecule has 3 rings (SSSR count). The molecule has 1 saturated heterocycles. The van der Waals surface area contributed by atoms with E-state index in [0.29, 0.717) is 18.1 Å². The zero-order valence-electron chi connectivity index (χ0n) is 12.4. The van der Waals surface area contributed by atoms with Crippen molar-refractivity contribution in [3.8, 4) is 0 Å². The fraction of sp³-hybridized carbons (Fsp3) is 0.438. The van der Waals surface area contributed by atoms with Gasteiger partial charge in [0.15, 0.2) is 0 Å². The Hall–Kier alpha value is -2.24. The molecule has 0 bridgehead atoms. The minimum atomic E-state index is -0.291. The van der Waals surface area contributed by atoms with Crippen LogP contribution in [0.3, 0.4) is 0 Å². The summed E-state index contributed by atoms with van der Waals surface area (Å²) in [6, 6.07) is 6.06. The zero-order valence-corrected chi connectivity index (χ0v) is 12.4. The molecule has 22 heavy (non-hydrogen) atoms. The maximum atomic E-state index is 12.9. The van der Waals surface area contributed by atoms with Crippen LogP contribution in [0.4, 0.5) is 10.3 Å². The highest BCUT2D eigenvalue weighted by Gasteiger charge is 2.14. The van der Waals surface area contributed by atoms with Crippen molar-refractivity contribution in [3.63, 3.8) is 0 Å². The summed E-state index contributed by atoms with van der Waals surface area (Å²) >= 11 is 0. The SMILES string of the molecule is O=c1[nH]c(N2CCCCCC2)nnc1Cc1ccc(F)cc1. The molecule has 0 spiro atoms. The molecule has 2 heterocycles. The van der Waals surface area contributed by atoms with Crippen molar-refractivity contribution in [2.45, 2.75) is 32.1 Å². The second kappa shape index (κ2) is 6.68. The van der Waals surface area contributed by atoms with E-state index in [9.17, 15) is 9.18 Å². The molecule has 6 heteroatoms. The number of halogens is 1. The number of anilines is 1. The first-order valence-corrected chi connectivity index (χ1v) is 7.67. The van der Waals surface area contributed by atoms with Crippen molar-refractivity contribution < 1.29 is 4.39 Å². The van der Waals surface area contributed by atoms with Crippen molar-refractivity contribution in [2.24, 2.45) is 0 Å².